The smallest absolute Gasteiger partial charge is 0.255 e. The molecule has 0 fully saturated rings. The molecule has 0 spiro atoms. The zero-order chi connectivity index (χ0) is 17.3. The fourth-order valence-corrected chi connectivity index (χ4v) is 2.49. The lowest BCUT2D eigenvalue weighted by Crippen LogP contribution is -2.20. The molecule has 0 atom stereocenters. The Morgan fingerprint density at radius 1 is 1.17 bits per heavy atom. The first-order valence-electron chi connectivity index (χ1n) is 7.51. The van der Waals surface area contributed by atoms with Gasteiger partial charge in [0.1, 0.15) is 11.5 Å². The molecule has 0 aliphatic carbocycles. The van der Waals surface area contributed by atoms with Crippen molar-refractivity contribution >= 4 is 17.8 Å². The molecule has 0 aromatic heterocycles. The number of fused-ring (bicyclic) bond motifs is 1. The number of allylic oxidation sites excluding steroid dienone is 1. The Hall–Kier alpha value is -3.08. The Balaban J connectivity index is 1.90. The molecule has 24 heavy (non-hydrogen) atoms. The fraction of sp³-hybridized carbons (Fsp3) is 0.158. The third kappa shape index (κ3) is 3.01. The third-order valence-corrected chi connectivity index (χ3v) is 3.78. The second-order valence-electron chi connectivity index (χ2n) is 5.67. The van der Waals surface area contributed by atoms with Gasteiger partial charge in [0.2, 0.25) is 5.78 Å². The standard InChI is InChI=1S/C19H17NO4/c1-11-3-5-13(6-4-11)9-16-18(22)14-7-8-15(23-10-17(20)21)12(2)19(14)24-16/h3-9H,10H2,1-2H3,(H2,20,21)/b16-9-. The van der Waals surface area contributed by atoms with E-state index < -0.39 is 5.91 Å². The van der Waals surface area contributed by atoms with Gasteiger partial charge in [0.25, 0.3) is 5.91 Å². The Labute approximate surface area is 139 Å². The van der Waals surface area contributed by atoms with E-state index in [1.165, 1.54) is 0 Å². The monoisotopic (exact) mass is 323 g/mol. The topological polar surface area (TPSA) is 78.6 Å². The molecular formula is C19H17NO4. The van der Waals surface area contributed by atoms with Crippen molar-refractivity contribution in [3.63, 3.8) is 0 Å². The predicted molar refractivity (Wildman–Crippen MR) is 90.0 cm³/mol. The summed E-state index contributed by atoms with van der Waals surface area (Å²) in [6.07, 6.45) is 1.71. The Bertz CT molecular complexity index is 850. The number of benzene rings is 2. The van der Waals surface area contributed by atoms with E-state index in [2.05, 4.69) is 0 Å². The predicted octanol–water partition coefficient (Wildman–Crippen LogP) is 2.78. The molecule has 1 amide bonds. The molecule has 1 aliphatic rings. The molecule has 2 aromatic rings. The van der Waals surface area contributed by atoms with Crippen LogP contribution in [0.15, 0.2) is 42.2 Å². The van der Waals surface area contributed by atoms with Crippen LogP contribution in [0.1, 0.15) is 27.0 Å². The highest BCUT2D eigenvalue weighted by molar-refractivity contribution is 6.14. The second-order valence-corrected chi connectivity index (χ2v) is 5.67. The number of hydrogen-bond donors (Lipinski definition) is 1. The molecule has 2 N–H and O–H groups in total. The van der Waals surface area contributed by atoms with Crippen molar-refractivity contribution in [2.24, 2.45) is 5.73 Å². The maximum absolute atomic E-state index is 12.5. The summed E-state index contributed by atoms with van der Waals surface area (Å²) in [4.78, 5) is 23.3. The van der Waals surface area contributed by atoms with E-state index in [0.29, 0.717) is 22.6 Å². The number of ketones is 1. The summed E-state index contributed by atoms with van der Waals surface area (Å²) in [6, 6.07) is 11.1. The number of carbonyl (C=O) groups excluding carboxylic acids is 2. The van der Waals surface area contributed by atoms with E-state index in [1.54, 1.807) is 25.1 Å². The van der Waals surface area contributed by atoms with Gasteiger partial charge in [0.15, 0.2) is 12.4 Å². The average molecular weight is 323 g/mol. The van der Waals surface area contributed by atoms with Gasteiger partial charge in [0, 0.05) is 5.56 Å². The number of nitrogens with two attached hydrogens (primary N) is 1. The van der Waals surface area contributed by atoms with E-state index in [9.17, 15) is 9.59 Å². The molecule has 0 bridgehead atoms. The van der Waals surface area contributed by atoms with Gasteiger partial charge in [-0.05, 0) is 37.6 Å². The summed E-state index contributed by atoms with van der Waals surface area (Å²) < 4.78 is 11.1. The van der Waals surface area contributed by atoms with Crippen LogP contribution in [-0.2, 0) is 4.79 Å². The molecule has 2 aromatic carbocycles. The highest BCUT2D eigenvalue weighted by Crippen LogP contribution is 2.39. The van der Waals surface area contributed by atoms with Crippen LogP contribution >= 0.6 is 0 Å². The van der Waals surface area contributed by atoms with Crippen LogP contribution in [0.2, 0.25) is 0 Å². The first kappa shape index (κ1) is 15.8. The summed E-state index contributed by atoms with van der Waals surface area (Å²) in [7, 11) is 0. The Morgan fingerprint density at radius 3 is 2.54 bits per heavy atom. The SMILES string of the molecule is Cc1ccc(/C=C2\Oc3c(ccc(OCC(N)=O)c3C)C2=O)cc1. The van der Waals surface area contributed by atoms with Gasteiger partial charge in [-0.3, -0.25) is 9.59 Å². The summed E-state index contributed by atoms with van der Waals surface area (Å²) >= 11 is 0. The van der Waals surface area contributed by atoms with Crippen LogP contribution in [0.4, 0.5) is 0 Å². The van der Waals surface area contributed by atoms with Gasteiger partial charge in [-0.25, -0.2) is 0 Å². The van der Waals surface area contributed by atoms with E-state index in [1.807, 2.05) is 31.2 Å². The van der Waals surface area contributed by atoms with Gasteiger partial charge in [-0.15, -0.1) is 0 Å². The summed E-state index contributed by atoms with van der Waals surface area (Å²) in [6.45, 7) is 3.55. The van der Waals surface area contributed by atoms with Gasteiger partial charge in [0.05, 0.1) is 5.56 Å². The molecule has 1 aliphatic heterocycles. The molecular weight excluding hydrogens is 306 g/mol. The molecule has 122 valence electrons. The lowest BCUT2D eigenvalue weighted by atomic mass is 10.1. The number of ether oxygens (including phenoxy) is 2. The lowest BCUT2D eigenvalue weighted by molar-refractivity contribution is -0.119. The van der Waals surface area contributed by atoms with E-state index in [0.717, 1.165) is 11.1 Å². The fourth-order valence-electron chi connectivity index (χ4n) is 2.49. The highest BCUT2D eigenvalue weighted by atomic mass is 16.5. The lowest BCUT2D eigenvalue weighted by Gasteiger charge is -2.09. The third-order valence-electron chi connectivity index (χ3n) is 3.78. The molecule has 0 radical (unpaired) electrons. The number of rotatable bonds is 4. The first-order chi connectivity index (χ1) is 11.5. The van der Waals surface area contributed by atoms with Crippen molar-refractivity contribution in [2.45, 2.75) is 13.8 Å². The van der Waals surface area contributed by atoms with Crippen LogP contribution in [0.3, 0.4) is 0 Å². The Kier molecular flexibility index (Phi) is 4.08. The van der Waals surface area contributed by atoms with Crippen LogP contribution in [0.5, 0.6) is 11.5 Å². The number of carbonyl (C=O) groups is 2. The van der Waals surface area contributed by atoms with E-state index in [-0.39, 0.29) is 18.1 Å². The van der Waals surface area contributed by atoms with Gasteiger partial charge in [-0.1, -0.05) is 29.8 Å². The van der Waals surface area contributed by atoms with Crippen molar-refractivity contribution < 1.29 is 19.1 Å². The summed E-state index contributed by atoms with van der Waals surface area (Å²) in [5.74, 6) is 0.461. The zero-order valence-corrected chi connectivity index (χ0v) is 13.5. The van der Waals surface area contributed by atoms with Crippen molar-refractivity contribution in [2.75, 3.05) is 6.61 Å². The summed E-state index contributed by atoms with van der Waals surface area (Å²) in [5, 5.41) is 0. The van der Waals surface area contributed by atoms with Crippen molar-refractivity contribution in [1.82, 2.24) is 0 Å². The second kappa shape index (κ2) is 6.20. The minimum Gasteiger partial charge on any atom is -0.483 e. The van der Waals surface area contributed by atoms with Crippen LogP contribution < -0.4 is 15.2 Å². The van der Waals surface area contributed by atoms with Crippen LogP contribution in [-0.4, -0.2) is 18.3 Å². The normalized spacial score (nSPS) is 14.4. The first-order valence-corrected chi connectivity index (χ1v) is 7.51. The van der Waals surface area contributed by atoms with Crippen LogP contribution in [0, 0.1) is 13.8 Å². The van der Waals surface area contributed by atoms with Crippen molar-refractivity contribution in [1.29, 1.82) is 0 Å². The average Bonchev–Trinajstić information content (AvgIpc) is 2.86. The van der Waals surface area contributed by atoms with Gasteiger partial charge >= 0.3 is 0 Å². The molecule has 0 saturated heterocycles. The highest BCUT2D eigenvalue weighted by Gasteiger charge is 2.30. The molecule has 3 rings (SSSR count). The van der Waals surface area contributed by atoms with E-state index in [4.69, 9.17) is 15.2 Å². The minimum absolute atomic E-state index is 0.171. The van der Waals surface area contributed by atoms with Gasteiger partial charge in [-0.2, -0.15) is 0 Å². The number of primary amides is 1. The molecule has 5 nitrogen and oxygen atoms in total. The van der Waals surface area contributed by atoms with Gasteiger partial charge < -0.3 is 15.2 Å². The van der Waals surface area contributed by atoms with Crippen LogP contribution in [0.25, 0.3) is 6.08 Å². The Morgan fingerprint density at radius 2 is 1.88 bits per heavy atom. The molecule has 5 heteroatoms. The maximum Gasteiger partial charge on any atom is 0.255 e. The number of Topliss-reactive ketones (excluding diaryl/α,β-unsaturated/α-hetero) is 1. The summed E-state index contributed by atoms with van der Waals surface area (Å²) in [5.41, 5.74) is 8.26. The largest absolute Gasteiger partial charge is 0.483 e. The molecule has 0 unspecified atom stereocenters. The molecule has 0 saturated carbocycles. The van der Waals surface area contributed by atoms with Crippen molar-refractivity contribution in [3.05, 3.63) is 64.4 Å². The number of amides is 1. The molecule has 1 heterocycles. The van der Waals surface area contributed by atoms with Crippen molar-refractivity contribution in [3.8, 4) is 11.5 Å². The maximum atomic E-state index is 12.5. The van der Waals surface area contributed by atoms with E-state index >= 15 is 0 Å². The quantitative estimate of drug-likeness (QED) is 0.878. The number of hydrogen-bond acceptors (Lipinski definition) is 4. The minimum atomic E-state index is -0.563. The number of aryl methyl sites for hydroxylation is 1. The zero-order valence-electron chi connectivity index (χ0n) is 13.5.